The van der Waals surface area contributed by atoms with Crippen LogP contribution in [0.2, 0.25) is 0 Å². The number of ether oxygens (including phenoxy) is 1. The number of nitrogens with one attached hydrogen (secondary N) is 1. The Balaban J connectivity index is 2.16. The van der Waals surface area contributed by atoms with Gasteiger partial charge in [-0.1, -0.05) is 38.1 Å². The van der Waals surface area contributed by atoms with E-state index in [1.165, 1.54) is 5.56 Å². The first kappa shape index (κ1) is 14.9. The summed E-state index contributed by atoms with van der Waals surface area (Å²) >= 11 is 0. The highest BCUT2D eigenvalue weighted by atomic mass is 16.5. The van der Waals surface area contributed by atoms with E-state index >= 15 is 0 Å². The molecule has 3 rings (SSSR count). The molecule has 5 nitrogen and oxygen atoms in total. The van der Waals surface area contributed by atoms with Crippen molar-refractivity contribution in [1.82, 2.24) is 9.97 Å². The van der Waals surface area contributed by atoms with Crippen LogP contribution in [0.25, 0.3) is 0 Å². The molecule has 2 aromatic rings. The Kier molecular flexibility index (Phi) is 3.64. The van der Waals surface area contributed by atoms with E-state index in [-0.39, 0.29) is 11.7 Å². The van der Waals surface area contributed by atoms with Gasteiger partial charge in [0.1, 0.15) is 18.0 Å². The number of rotatable bonds is 2. The average molecular weight is 304 g/mol. The molecule has 1 aliphatic rings. The molecule has 0 fully saturated rings. The monoisotopic (exact) mass is 304 g/mol. The summed E-state index contributed by atoms with van der Waals surface area (Å²) in [4.78, 5) is 7.43. The van der Waals surface area contributed by atoms with Gasteiger partial charge in [0.05, 0.1) is 17.2 Å². The normalized spacial score (nSPS) is 16.5. The fourth-order valence-corrected chi connectivity index (χ4v) is 2.79. The molecule has 5 heteroatoms. The Morgan fingerprint density at radius 1 is 1.17 bits per heavy atom. The first-order chi connectivity index (χ1) is 11.0. The molecule has 0 saturated heterocycles. The summed E-state index contributed by atoms with van der Waals surface area (Å²) in [5.41, 5.74) is 3.19. The van der Waals surface area contributed by atoms with Gasteiger partial charge in [-0.25, -0.2) is 0 Å². The van der Waals surface area contributed by atoms with Crippen molar-refractivity contribution < 1.29 is 4.74 Å². The van der Waals surface area contributed by atoms with E-state index in [9.17, 15) is 10.5 Å². The molecule has 1 aliphatic heterocycles. The highest BCUT2D eigenvalue weighted by Crippen LogP contribution is 2.41. The van der Waals surface area contributed by atoms with E-state index in [0.29, 0.717) is 23.2 Å². The number of aryl methyl sites for hydroxylation is 1. The second kappa shape index (κ2) is 5.62. The molecule has 0 saturated carbocycles. The molecule has 1 unspecified atom stereocenters. The molecular weight excluding hydrogens is 288 g/mol. The minimum atomic E-state index is -0.360. The van der Waals surface area contributed by atoms with Crippen LogP contribution >= 0.6 is 0 Å². The molecule has 1 atom stereocenters. The molecule has 0 spiro atoms. The fourth-order valence-electron chi connectivity index (χ4n) is 2.79. The van der Waals surface area contributed by atoms with Crippen molar-refractivity contribution in [2.24, 2.45) is 0 Å². The van der Waals surface area contributed by atoms with Gasteiger partial charge < -0.3 is 9.72 Å². The zero-order valence-corrected chi connectivity index (χ0v) is 13.2. The van der Waals surface area contributed by atoms with Gasteiger partial charge in [0.15, 0.2) is 0 Å². The van der Waals surface area contributed by atoms with Gasteiger partial charge in [0.25, 0.3) is 0 Å². The summed E-state index contributed by atoms with van der Waals surface area (Å²) in [5, 5.41) is 18.8. The Bertz CT molecular complexity index is 860. The predicted octanol–water partition coefficient (Wildman–Crippen LogP) is 3.67. The summed E-state index contributed by atoms with van der Waals surface area (Å²) in [7, 11) is 0. The zero-order valence-electron chi connectivity index (χ0n) is 13.2. The van der Waals surface area contributed by atoms with E-state index < -0.39 is 0 Å². The number of hydrogen-bond donors (Lipinski definition) is 1. The fraction of sp³-hybridized carbons (Fsp3) is 0.278. The van der Waals surface area contributed by atoms with Crippen molar-refractivity contribution in [2.75, 3.05) is 0 Å². The van der Waals surface area contributed by atoms with Crippen LogP contribution < -0.4 is 4.74 Å². The maximum absolute atomic E-state index is 9.53. The molecule has 23 heavy (non-hydrogen) atoms. The van der Waals surface area contributed by atoms with Gasteiger partial charge in [-0.05, 0) is 24.0 Å². The van der Waals surface area contributed by atoms with Crippen LogP contribution in [0.3, 0.4) is 0 Å². The number of allylic oxidation sites excluding steroid dienone is 2. The number of aromatic nitrogens is 2. The lowest BCUT2D eigenvalue weighted by molar-refractivity contribution is 0.405. The molecule has 0 aliphatic carbocycles. The van der Waals surface area contributed by atoms with Crippen molar-refractivity contribution in [1.29, 1.82) is 10.5 Å². The Labute approximate surface area is 134 Å². The number of nitrogens with zero attached hydrogens (tertiary/aromatic N) is 3. The third kappa shape index (κ3) is 2.47. The number of benzene rings is 1. The smallest absolute Gasteiger partial charge is 0.242 e. The highest BCUT2D eigenvalue weighted by Gasteiger charge is 2.34. The van der Waals surface area contributed by atoms with Gasteiger partial charge >= 0.3 is 0 Å². The maximum atomic E-state index is 9.53. The lowest BCUT2D eigenvalue weighted by Crippen LogP contribution is -2.15. The van der Waals surface area contributed by atoms with Crippen molar-refractivity contribution in [2.45, 2.75) is 32.6 Å². The number of H-pyrrole nitrogens is 1. The summed E-state index contributed by atoms with van der Waals surface area (Å²) < 4.78 is 5.47. The second-order valence-corrected chi connectivity index (χ2v) is 5.86. The summed E-state index contributed by atoms with van der Waals surface area (Å²) in [6, 6.07) is 12.2. The van der Waals surface area contributed by atoms with Gasteiger partial charge in [0, 0.05) is 0 Å². The largest absolute Gasteiger partial charge is 0.425 e. The van der Waals surface area contributed by atoms with E-state index in [4.69, 9.17) is 4.74 Å². The van der Waals surface area contributed by atoms with Crippen molar-refractivity contribution in [3.05, 3.63) is 58.2 Å². The second-order valence-electron chi connectivity index (χ2n) is 5.86. The highest BCUT2D eigenvalue weighted by molar-refractivity contribution is 5.54. The third-order valence-corrected chi connectivity index (χ3v) is 3.99. The van der Waals surface area contributed by atoms with Crippen LogP contribution in [-0.2, 0) is 0 Å². The van der Waals surface area contributed by atoms with Crippen molar-refractivity contribution in [3.8, 4) is 18.0 Å². The molecule has 0 amide bonds. The van der Waals surface area contributed by atoms with Crippen LogP contribution in [0, 0.1) is 29.6 Å². The van der Waals surface area contributed by atoms with Gasteiger partial charge in [0.2, 0.25) is 11.6 Å². The lowest BCUT2D eigenvalue weighted by Gasteiger charge is -2.22. The molecule has 0 bridgehead atoms. The predicted molar refractivity (Wildman–Crippen MR) is 84.6 cm³/mol. The zero-order chi connectivity index (χ0) is 16.6. The number of nitriles is 2. The first-order valence-electron chi connectivity index (χ1n) is 7.43. The van der Waals surface area contributed by atoms with E-state index in [2.05, 4.69) is 42.0 Å². The third-order valence-electron chi connectivity index (χ3n) is 3.99. The number of imidazole rings is 1. The molecular formula is C18H16N4O. The van der Waals surface area contributed by atoms with E-state index in [1.54, 1.807) is 0 Å². The molecule has 1 aromatic heterocycles. The topological polar surface area (TPSA) is 85.5 Å². The quantitative estimate of drug-likeness (QED) is 0.917. The Morgan fingerprint density at radius 3 is 2.43 bits per heavy atom. The summed E-state index contributed by atoms with van der Waals surface area (Å²) in [5.74, 6) is 1.15. The number of fused-ring (bicyclic) bond motifs is 1. The summed E-state index contributed by atoms with van der Waals surface area (Å²) in [6.07, 6.45) is 0. The van der Waals surface area contributed by atoms with Gasteiger partial charge in [-0.3, -0.25) is 0 Å². The number of aromatic amines is 1. The van der Waals surface area contributed by atoms with E-state index in [0.717, 1.165) is 11.3 Å². The molecule has 1 N–H and O–H groups in total. The molecule has 1 aromatic carbocycles. The number of hydrogen-bond acceptors (Lipinski definition) is 4. The first-order valence-corrected chi connectivity index (χ1v) is 7.43. The average Bonchev–Trinajstić information content (AvgIpc) is 2.92. The van der Waals surface area contributed by atoms with Crippen LogP contribution in [0.15, 0.2) is 35.6 Å². The van der Waals surface area contributed by atoms with E-state index in [1.807, 2.05) is 25.1 Å². The van der Waals surface area contributed by atoms with Gasteiger partial charge in [-0.2, -0.15) is 15.5 Å². The minimum absolute atomic E-state index is 0.0180. The van der Waals surface area contributed by atoms with Crippen LogP contribution in [0.5, 0.6) is 5.88 Å². The van der Waals surface area contributed by atoms with Crippen LogP contribution in [-0.4, -0.2) is 9.97 Å². The maximum Gasteiger partial charge on any atom is 0.242 e. The Morgan fingerprint density at radius 2 is 1.87 bits per heavy atom. The SMILES string of the molecule is Cc1nc2c([nH]1)C(c1ccc(C(C)C)cc1)C(C#N)=C(C#N)O2. The van der Waals surface area contributed by atoms with Crippen molar-refractivity contribution in [3.63, 3.8) is 0 Å². The Hall–Kier alpha value is -3.05. The standard InChI is InChI=1S/C18H16N4O/c1-10(2)12-4-6-13(7-5-12)16-14(8-19)15(9-20)23-18-17(16)21-11(3)22-18/h4-7,10,16H,1-3H3,(H,21,22). The molecule has 0 radical (unpaired) electrons. The molecule has 114 valence electrons. The summed E-state index contributed by atoms with van der Waals surface area (Å²) in [6.45, 7) is 6.08. The van der Waals surface area contributed by atoms with Crippen LogP contribution in [0.1, 0.15) is 48.3 Å². The molecule has 2 heterocycles. The lowest BCUT2D eigenvalue weighted by atomic mass is 9.86. The van der Waals surface area contributed by atoms with Gasteiger partial charge in [-0.15, -0.1) is 0 Å². The van der Waals surface area contributed by atoms with Crippen molar-refractivity contribution >= 4 is 0 Å². The minimum Gasteiger partial charge on any atom is -0.425 e. The van der Waals surface area contributed by atoms with Crippen LogP contribution in [0.4, 0.5) is 0 Å².